The summed E-state index contributed by atoms with van der Waals surface area (Å²) in [6.45, 7) is 5.86. The van der Waals surface area contributed by atoms with Gasteiger partial charge in [0.05, 0.1) is 19.5 Å². The van der Waals surface area contributed by atoms with E-state index in [-0.39, 0.29) is 32.1 Å². The Kier molecular flexibility index (Phi) is 5.64. The fourth-order valence-electron chi connectivity index (χ4n) is 3.70. The number of likely N-dealkylation sites (tertiary alicyclic amines) is 1. The van der Waals surface area contributed by atoms with E-state index in [1.54, 1.807) is 33.2 Å². The second-order valence-corrected chi connectivity index (χ2v) is 9.13. The van der Waals surface area contributed by atoms with Crippen molar-refractivity contribution in [2.75, 3.05) is 13.1 Å². The third kappa shape index (κ3) is 4.75. The number of aromatic nitrogens is 2. The number of nitrogens with one attached hydrogen (secondary N) is 1. The molecule has 0 bridgehead atoms. The fraction of sp³-hybridized carbons (Fsp3) is 0.375. The lowest BCUT2D eigenvalue weighted by Crippen LogP contribution is -2.61. The van der Waals surface area contributed by atoms with Crippen molar-refractivity contribution in [3.63, 3.8) is 0 Å². The number of rotatable bonds is 5. The van der Waals surface area contributed by atoms with E-state index < -0.39 is 17.3 Å². The summed E-state index contributed by atoms with van der Waals surface area (Å²) in [5.74, 6) is -0.356. The molecule has 3 heterocycles. The van der Waals surface area contributed by atoms with Gasteiger partial charge in [0, 0.05) is 23.3 Å². The Hall–Kier alpha value is -3.39. The van der Waals surface area contributed by atoms with Crippen LogP contribution in [-0.2, 0) is 32.9 Å². The average molecular weight is 437 g/mol. The number of ether oxygens (including phenoxy) is 2. The number of amides is 1. The molecule has 0 aliphatic carbocycles. The van der Waals surface area contributed by atoms with Gasteiger partial charge in [-0.1, -0.05) is 30.3 Å². The lowest BCUT2D eigenvalue weighted by molar-refractivity contribution is -0.144. The number of pyridine rings is 1. The zero-order valence-electron chi connectivity index (χ0n) is 18.4. The third-order valence-electron chi connectivity index (χ3n) is 5.24. The van der Waals surface area contributed by atoms with E-state index in [4.69, 9.17) is 9.47 Å². The van der Waals surface area contributed by atoms with Gasteiger partial charge >= 0.3 is 12.1 Å². The summed E-state index contributed by atoms with van der Waals surface area (Å²) in [6.07, 6.45) is 2.93. The number of hydrogen-bond acceptors (Lipinski definition) is 6. The van der Waals surface area contributed by atoms with Gasteiger partial charge in [0.15, 0.2) is 0 Å². The molecule has 2 N–H and O–H groups in total. The number of fused-ring (bicyclic) bond motifs is 1. The highest BCUT2D eigenvalue weighted by Crippen LogP contribution is 2.36. The molecule has 3 aromatic rings. The van der Waals surface area contributed by atoms with Crippen LogP contribution in [0.1, 0.15) is 37.5 Å². The van der Waals surface area contributed by atoms with E-state index in [9.17, 15) is 14.7 Å². The Morgan fingerprint density at radius 1 is 1.19 bits per heavy atom. The van der Waals surface area contributed by atoms with Crippen LogP contribution in [0, 0.1) is 0 Å². The molecule has 168 valence electrons. The lowest BCUT2D eigenvalue weighted by atomic mass is 9.86. The molecule has 8 heteroatoms. The number of benzene rings is 1. The van der Waals surface area contributed by atoms with Crippen molar-refractivity contribution in [1.29, 1.82) is 0 Å². The molecule has 0 saturated carbocycles. The summed E-state index contributed by atoms with van der Waals surface area (Å²) in [6, 6.07) is 11.3. The van der Waals surface area contributed by atoms with Crippen molar-refractivity contribution in [3.8, 4) is 0 Å². The maximum absolute atomic E-state index is 12.3. The molecule has 1 aromatic carbocycles. The van der Waals surface area contributed by atoms with E-state index in [0.29, 0.717) is 22.2 Å². The van der Waals surface area contributed by atoms with Crippen LogP contribution in [0.4, 0.5) is 4.79 Å². The molecular formula is C24H27N3O5. The Balaban J connectivity index is 1.43. The minimum Gasteiger partial charge on any atom is -0.461 e. The zero-order chi connectivity index (χ0) is 22.9. The van der Waals surface area contributed by atoms with Crippen LogP contribution in [0.2, 0.25) is 0 Å². The van der Waals surface area contributed by atoms with Crippen molar-refractivity contribution >= 4 is 23.1 Å². The Morgan fingerprint density at radius 3 is 2.59 bits per heavy atom. The number of aliphatic hydroxyl groups is 1. The molecule has 1 aliphatic rings. The van der Waals surface area contributed by atoms with Gasteiger partial charge in [0.2, 0.25) is 0 Å². The maximum Gasteiger partial charge on any atom is 0.410 e. The summed E-state index contributed by atoms with van der Waals surface area (Å²) >= 11 is 0. The van der Waals surface area contributed by atoms with Crippen molar-refractivity contribution in [1.82, 2.24) is 14.9 Å². The first kappa shape index (κ1) is 21.8. The predicted molar refractivity (Wildman–Crippen MR) is 118 cm³/mol. The van der Waals surface area contributed by atoms with Gasteiger partial charge < -0.3 is 24.5 Å². The average Bonchev–Trinajstić information content (AvgIpc) is 3.13. The highest BCUT2D eigenvalue weighted by atomic mass is 16.6. The van der Waals surface area contributed by atoms with E-state index in [2.05, 4.69) is 9.97 Å². The molecule has 0 radical (unpaired) electrons. The topological polar surface area (TPSA) is 105 Å². The standard InChI is InChI=1S/C24H27N3O5/c1-23(2,3)32-22(29)27-14-24(30,15-27)19-12-26-21-18(19)9-17(11-25-21)10-20(28)31-13-16-7-5-4-6-8-16/h4-9,11-12,30H,10,13-15H2,1-3H3,(H,25,26). The molecule has 8 nitrogen and oxygen atoms in total. The summed E-state index contributed by atoms with van der Waals surface area (Å²) < 4.78 is 10.7. The van der Waals surface area contributed by atoms with Crippen LogP contribution in [0.5, 0.6) is 0 Å². The van der Waals surface area contributed by atoms with Crippen LogP contribution in [0.3, 0.4) is 0 Å². The van der Waals surface area contributed by atoms with E-state index >= 15 is 0 Å². The molecule has 0 atom stereocenters. The van der Waals surface area contributed by atoms with Crippen LogP contribution in [0.25, 0.3) is 11.0 Å². The first-order valence-corrected chi connectivity index (χ1v) is 10.5. The molecule has 1 fully saturated rings. The molecule has 0 spiro atoms. The van der Waals surface area contributed by atoms with Crippen molar-refractivity contribution in [2.45, 2.75) is 45.0 Å². The quantitative estimate of drug-likeness (QED) is 0.594. The molecule has 2 aromatic heterocycles. The fourth-order valence-corrected chi connectivity index (χ4v) is 3.70. The number of esters is 1. The number of aromatic amines is 1. The molecule has 1 amide bonds. The molecule has 0 unspecified atom stereocenters. The molecule has 1 saturated heterocycles. The van der Waals surface area contributed by atoms with Crippen molar-refractivity contribution in [3.05, 3.63) is 65.5 Å². The first-order valence-electron chi connectivity index (χ1n) is 10.5. The zero-order valence-corrected chi connectivity index (χ0v) is 18.4. The second kappa shape index (κ2) is 8.27. The number of carbonyl (C=O) groups excluding carboxylic acids is 2. The molecule has 1 aliphatic heterocycles. The van der Waals surface area contributed by atoms with Crippen molar-refractivity contribution in [2.24, 2.45) is 0 Å². The highest BCUT2D eigenvalue weighted by molar-refractivity contribution is 5.83. The number of hydrogen-bond donors (Lipinski definition) is 2. The Labute approximate surface area is 186 Å². The van der Waals surface area contributed by atoms with Gasteiger partial charge in [-0.3, -0.25) is 4.79 Å². The normalized spacial score (nSPS) is 15.3. The smallest absolute Gasteiger partial charge is 0.410 e. The van der Waals surface area contributed by atoms with Crippen LogP contribution < -0.4 is 0 Å². The predicted octanol–water partition coefficient (Wildman–Crippen LogP) is 3.29. The maximum atomic E-state index is 12.3. The Bertz CT molecular complexity index is 1130. The summed E-state index contributed by atoms with van der Waals surface area (Å²) in [4.78, 5) is 33.4. The third-order valence-corrected chi connectivity index (χ3v) is 5.24. The molecule has 4 rings (SSSR count). The first-order chi connectivity index (χ1) is 15.1. The number of nitrogens with zero attached hydrogens (tertiary/aromatic N) is 2. The van der Waals surface area contributed by atoms with Gasteiger partial charge in [0.25, 0.3) is 0 Å². The molecule has 32 heavy (non-hydrogen) atoms. The van der Waals surface area contributed by atoms with Gasteiger partial charge in [-0.05, 0) is 38.0 Å². The van der Waals surface area contributed by atoms with E-state index in [1.165, 1.54) is 4.90 Å². The summed E-state index contributed by atoms with van der Waals surface area (Å²) in [5.41, 5.74) is 1.04. The second-order valence-electron chi connectivity index (χ2n) is 9.13. The summed E-state index contributed by atoms with van der Waals surface area (Å²) in [7, 11) is 0. The lowest BCUT2D eigenvalue weighted by Gasteiger charge is -2.46. The van der Waals surface area contributed by atoms with E-state index in [0.717, 1.165) is 5.56 Å². The van der Waals surface area contributed by atoms with Gasteiger partial charge in [-0.2, -0.15) is 0 Å². The van der Waals surface area contributed by atoms with Crippen LogP contribution >= 0.6 is 0 Å². The van der Waals surface area contributed by atoms with Gasteiger partial charge in [-0.25, -0.2) is 9.78 Å². The number of β-amino-alcohol motifs (C(OH)–C–C–N with tert-alkyl or cyclic N) is 1. The number of H-pyrrole nitrogens is 1. The summed E-state index contributed by atoms with van der Waals surface area (Å²) in [5, 5.41) is 11.8. The highest BCUT2D eigenvalue weighted by Gasteiger charge is 2.47. The van der Waals surface area contributed by atoms with Gasteiger partial charge in [-0.15, -0.1) is 0 Å². The Morgan fingerprint density at radius 2 is 1.91 bits per heavy atom. The SMILES string of the molecule is CC(C)(C)OC(=O)N1CC(O)(c2c[nH]c3ncc(CC(=O)OCc4ccccc4)cc23)C1. The van der Waals surface area contributed by atoms with Crippen LogP contribution in [0.15, 0.2) is 48.8 Å². The largest absolute Gasteiger partial charge is 0.461 e. The minimum absolute atomic E-state index is 0.0723. The minimum atomic E-state index is -1.21. The van der Waals surface area contributed by atoms with Crippen LogP contribution in [-0.4, -0.2) is 50.7 Å². The molecular weight excluding hydrogens is 410 g/mol. The van der Waals surface area contributed by atoms with Crippen molar-refractivity contribution < 1.29 is 24.2 Å². The monoisotopic (exact) mass is 437 g/mol. The van der Waals surface area contributed by atoms with E-state index in [1.807, 2.05) is 36.4 Å². The van der Waals surface area contributed by atoms with Gasteiger partial charge in [0.1, 0.15) is 23.5 Å². The number of carbonyl (C=O) groups is 2.